The first kappa shape index (κ1) is 10.2. The van der Waals surface area contributed by atoms with Crippen molar-refractivity contribution >= 4 is 21.6 Å². The molecule has 3 nitrogen and oxygen atoms in total. The normalized spacial score (nSPS) is 16.8. The summed E-state index contributed by atoms with van der Waals surface area (Å²) in [6.45, 7) is 0. The van der Waals surface area contributed by atoms with Gasteiger partial charge in [0, 0.05) is 16.6 Å². The minimum absolute atomic E-state index is 0.0819. The van der Waals surface area contributed by atoms with Crippen LogP contribution < -0.4 is 0 Å². The molecule has 1 fully saturated rings. The quantitative estimate of drug-likeness (QED) is 0.469. The van der Waals surface area contributed by atoms with Gasteiger partial charge in [0.1, 0.15) is 0 Å². The number of nitrogens with zero attached hydrogens (tertiary/aromatic N) is 1. The van der Waals surface area contributed by atoms with Gasteiger partial charge in [-0.15, -0.1) is 6.42 Å². The van der Waals surface area contributed by atoms with Crippen molar-refractivity contribution < 1.29 is 4.92 Å². The van der Waals surface area contributed by atoms with Crippen molar-refractivity contribution in [3.63, 3.8) is 0 Å². The van der Waals surface area contributed by atoms with E-state index < -0.39 is 4.92 Å². The molecule has 0 heterocycles. The molecular formula is C11H8BrNO2. The Balaban J connectivity index is 2.45. The minimum atomic E-state index is -0.413. The van der Waals surface area contributed by atoms with Crippen LogP contribution in [0.15, 0.2) is 22.7 Å². The summed E-state index contributed by atoms with van der Waals surface area (Å²) in [5.41, 5.74) is 0.877. The number of non-ortho nitro benzene ring substituents is 1. The molecule has 1 aliphatic carbocycles. The van der Waals surface area contributed by atoms with E-state index >= 15 is 0 Å². The Morgan fingerprint density at radius 2 is 2.20 bits per heavy atom. The SMILES string of the molecule is C#CC1(c2ccc([N+](=O)[O-])cc2Br)CC1. The highest BCUT2D eigenvalue weighted by atomic mass is 79.9. The van der Waals surface area contributed by atoms with Crippen LogP contribution in [0.25, 0.3) is 0 Å². The molecule has 0 N–H and O–H groups in total. The van der Waals surface area contributed by atoms with Gasteiger partial charge in [-0.3, -0.25) is 10.1 Å². The third kappa shape index (κ3) is 1.64. The molecule has 1 aromatic rings. The van der Waals surface area contributed by atoms with Gasteiger partial charge in [0.05, 0.1) is 10.3 Å². The lowest BCUT2D eigenvalue weighted by Crippen LogP contribution is -2.03. The summed E-state index contributed by atoms with van der Waals surface area (Å²) in [6, 6.07) is 4.75. The van der Waals surface area contributed by atoms with Gasteiger partial charge in [0.15, 0.2) is 0 Å². The first-order chi connectivity index (χ1) is 7.09. The average molecular weight is 266 g/mol. The van der Waals surface area contributed by atoms with E-state index in [1.165, 1.54) is 12.1 Å². The fraction of sp³-hybridized carbons (Fsp3) is 0.273. The number of terminal acetylenes is 1. The molecule has 0 atom stereocenters. The number of nitro benzene ring substituents is 1. The molecule has 2 rings (SSSR count). The van der Waals surface area contributed by atoms with E-state index in [1.807, 2.05) is 0 Å². The Bertz CT molecular complexity index is 472. The van der Waals surface area contributed by atoms with Crippen LogP contribution in [0.3, 0.4) is 0 Å². The van der Waals surface area contributed by atoms with E-state index in [2.05, 4.69) is 21.9 Å². The number of hydrogen-bond acceptors (Lipinski definition) is 2. The minimum Gasteiger partial charge on any atom is -0.258 e. The van der Waals surface area contributed by atoms with Crippen molar-refractivity contribution in [3.8, 4) is 12.3 Å². The highest BCUT2D eigenvalue weighted by molar-refractivity contribution is 9.10. The van der Waals surface area contributed by atoms with Crippen LogP contribution >= 0.6 is 15.9 Å². The Kier molecular flexibility index (Phi) is 2.28. The van der Waals surface area contributed by atoms with Gasteiger partial charge in [-0.2, -0.15) is 0 Å². The first-order valence-electron chi connectivity index (χ1n) is 4.51. The Morgan fingerprint density at radius 1 is 1.53 bits per heavy atom. The van der Waals surface area contributed by atoms with Gasteiger partial charge < -0.3 is 0 Å². The fourth-order valence-electron chi connectivity index (χ4n) is 1.62. The van der Waals surface area contributed by atoms with Gasteiger partial charge in [-0.05, 0) is 24.5 Å². The van der Waals surface area contributed by atoms with Crippen LogP contribution in [0.1, 0.15) is 18.4 Å². The Morgan fingerprint density at radius 3 is 2.60 bits per heavy atom. The number of rotatable bonds is 2. The fourth-order valence-corrected chi connectivity index (χ4v) is 2.37. The van der Waals surface area contributed by atoms with Crippen LogP contribution in [-0.2, 0) is 5.41 Å². The molecule has 1 saturated carbocycles. The van der Waals surface area contributed by atoms with Crippen LogP contribution in [0, 0.1) is 22.5 Å². The maximum atomic E-state index is 10.5. The summed E-state index contributed by atoms with van der Waals surface area (Å²) in [6.07, 6.45) is 7.38. The maximum Gasteiger partial charge on any atom is 0.270 e. The van der Waals surface area contributed by atoms with Gasteiger partial charge in [-0.1, -0.05) is 21.9 Å². The summed E-state index contributed by atoms with van der Waals surface area (Å²) in [7, 11) is 0. The summed E-state index contributed by atoms with van der Waals surface area (Å²) < 4.78 is 0.729. The molecule has 0 radical (unpaired) electrons. The average Bonchev–Trinajstić information content (AvgIpc) is 2.98. The zero-order chi connectivity index (χ0) is 11.1. The zero-order valence-corrected chi connectivity index (χ0v) is 9.45. The Hall–Kier alpha value is -1.34. The summed E-state index contributed by atoms with van der Waals surface area (Å²) in [5, 5.41) is 10.5. The predicted molar refractivity (Wildman–Crippen MR) is 60.5 cm³/mol. The molecule has 4 heteroatoms. The third-order valence-corrected chi connectivity index (χ3v) is 3.36. The van der Waals surface area contributed by atoms with Crippen LogP contribution in [0.4, 0.5) is 5.69 Å². The van der Waals surface area contributed by atoms with Gasteiger partial charge in [0.25, 0.3) is 5.69 Å². The lowest BCUT2D eigenvalue weighted by atomic mass is 9.97. The van der Waals surface area contributed by atoms with Crippen molar-refractivity contribution in [1.82, 2.24) is 0 Å². The second-order valence-electron chi connectivity index (χ2n) is 3.65. The molecule has 0 spiro atoms. The van der Waals surface area contributed by atoms with E-state index in [0.29, 0.717) is 0 Å². The number of nitro groups is 1. The molecule has 1 aromatic carbocycles. The molecule has 0 amide bonds. The Labute approximate surface area is 95.8 Å². The van der Waals surface area contributed by atoms with Crippen molar-refractivity contribution in [2.75, 3.05) is 0 Å². The van der Waals surface area contributed by atoms with Crippen molar-refractivity contribution in [3.05, 3.63) is 38.3 Å². The van der Waals surface area contributed by atoms with Gasteiger partial charge in [0.2, 0.25) is 0 Å². The van der Waals surface area contributed by atoms with E-state index in [1.54, 1.807) is 6.07 Å². The van der Waals surface area contributed by atoms with Crippen molar-refractivity contribution in [2.45, 2.75) is 18.3 Å². The molecule has 0 aromatic heterocycles. The summed E-state index contributed by atoms with van der Waals surface area (Å²) in [4.78, 5) is 10.1. The molecular weight excluding hydrogens is 258 g/mol. The summed E-state index contributed by atoms with van der Waals surface area (Å²) in [5.74, 6) is 2.76. The highest BCUT2D eigenvalue weighted by Crippen LogP contribution is 2.50. The van der Waals surface area contributed by atoms with E-state index in [9.17, 15) is 10.1 Å². The third-order valence-electron chi connectivity index (χ3n) is 2.71. The molecule has 15 heavy (non-hydrogen) atoms. The predicted octanol–water partition coefficient (Wildman–Crippen LogP) is 3.02. The largest absolute Gasteiger partial charge is 0.270 e. The van der Waals surface area contributed by atoms with Crippen LogP contribution in [-0.4, -0.2) is 4.92 Å². The smallest absolute Gasteiger partial charge is 0.258 e. The van der Waals surface area contributed by atoms with E-state index in [-0.39, 0.29) is 11.1 Å². The lowest BCUT2D eigenvalue weighted by Gasteiger charge is -2.09. The topological polar surface area (TPSA) is 43.1 Å². The number of halogens is 1. The molecule has 0 aliphatic heterocycles. The van der Waals surface area contributed by atoms with Gasteiger partial charge in [-0.25, -0.2) is 0 Å². The van der Waals surface area contributed by atoms with Crippen molar-refractivity contribution in [1.29, 1.82) is 0 Å². The summed E-state index contributed by atoms with van der Waals surface area (Å²) >= 11 is 3.33. The second-order valence-corrected chi connectivity index (χ2v) is 4.50. The van der Waals surface area contributed by atoms with E-state index in [4.69, 9.17) is 6.42 Å². The second kappa shape index (κ2) is 3.35. The van der Waals surface area contributed by atoms with Gasteiger partial charge >= 0.3 is 0 Å². The molecule has 0 saturated heterocycles. The highest BCUT2D eigenvalue weighted by Gasteiger charge is 2.44. The van der Waals surface area contributed by atoms with E-state index in [0.717, 1.165) is 22.9 Å². The van der Waals surface area contributed by atoms with Crippen LogP contribution in [0.2, 0.25) is 0 Å². The maximum absolute atomic E-state index is 10.5. The molecule has 76 valence electrons. The number of benzene rings is 1. The monoisotopic (exact) mass is 265 g/mol. The standard InChI is InChI=1S/C11H8BrNO2/c1-2-11(5-6-11)9-4-3-8(13(14)15)7-10(9)12/h1,3-4,7H,5-6H2. The first-order valence-corrected chi connectivity index (χ1v) is 5.30. The zero-order valence-electron chi connectivity index (χ0n) is 7.87. The molecule has 0 unspecified atom stereocenters. The van der Waals surface area contributed by atoms with Crippen molar-refractivity contribution in [2.24, 2.45) is 0 Å². The number of hydrogen-bond donors (Lipinski definition) is 0. The van der Waals surface area contributed by atoms with Crippen LogP contribution in [0.5, 0.6) is 0 Å². The molecule has 0 bridgehead atoms. The molecule has 1 aliphatic rings. The lowest BCUT2D eigenvalue weighted by molar-refractivity contribution is -0.384.